The molecule has 2 atom stereocenters. The number of hydrogen-bond acceptors (Lipinski definition) is 4. The molecule has 0 aliphatic carbocycles. The highest BCUT2D eigenvalue weighted by Gasteiger charge is 2.20. The zero-order valence-corrected chi connectivity index (χ0v) is 12.7. The predicted molar refractivity (Wildman–Crippen MR) is 83.0 cm³/mol. The Morgan fingerprint density at radius 1 is 1.45 bits per heavy atom. The van der Waals surface area contributed by atoms with Gasteiger partial charge in [-0.05, 0) is 43.9 Å². The number of nitrogens with one attached hydrogen (secondary N) is 1. The highest BCUT2D eigenvalue weighted by atomic mass is 16.3. The number of aromatic nitrogens is 1. The van der Waals surface area contributed by atoms with Gasteiger partial charge >= 0.3 is 0 Å². The van der Waals surface area contributed by atoms with Gasteiger partial charge in [0.1, 0.15) is 0 Å². The van der Waals surface area contributed by atoms with Crippen molar-refractivity contribution in [2.24, 2.45) is 5.92 Å². The van der Waals surface area contributed by atoms with Crippen molar-refractivity contribution in [2.75, 3.05) is 31.1 Å². The fourth-order valence-electron chi connectivity index (χ4n) is 2.94. The lowest BCUT2D eigenvalue weighted by molar-refractivity contribution is 0.208. The SMILES string of the molecule is CCNC(CC)c1ccc(N2CCCC(CO)C2)cn1. The van der Waals surface area contributed by atoms with Gasteiger partial charge in [-0.3, -0.25) is 4.98 Å². The van der Waals surface area contributed by atoms with Crippen LogP contribution in [-0.2, 0) is 0 Å². The summed E-state index contributed by atoms with van der Waals surface area (Å²) in [5, 5.41) is 12.8. The highest BCUT2D eigenvalue weighted by Crippen LogP contribution is 2.24. The second-order valence-electron chi connectivity index (χ2n) is 5.60. The summed E-state index contributed by atoms with van der Waals surface area (Å²) >= 11 is 0. The lowest BCUT2D eigenvalue weighted by atomic mass is 9.98. The molecule has 2 rings (SSSR count). The first-order chi connectivity index (χ1) is 9.78. The number of aliphatic hydroxyl groups excluding tert-OH is 1. The van der Waals surface area contributed by atoms with Crippen LogP contribution in [0.5, 0.6) is 0 Å². The molecule has 0 saturated carbocycles. The number of hydrogen-bond donors (Lipinski definition) is 2. The van der Waals surface area contributed by atoms with E-state index in [0.29, 0.717) is 18.6 Å². The van der Waals surface area contributed by atoms with Crippen LogP contribution in [0.15, 0.2) is 18.3 Å². The van der Waals surface area contributed by atoms with Gasteiger partial charge in [0.05, 0.1) is 17.6 Å². The Hall–Kier alpha value is -1.13. The Labute approximate surface area is 122 Å². The van der Waals surface area contributed by atoms with Crippen molar-refractivity contribution in [3.8, 4) is 0 Å². The molecule has 1 aromatic heterocycles. The summed E-state index contributed by atoms with van der Waals surface area (Å²) in [7, 11) is 0. The number of rotatable bonds is 6. The van der Waals surface area contributed by atoms with Crippen LogP contribution in [0.25, 0.3) is 0 Å². The maximum absolute atomic E-state index is 9.31. The molecule has 0 radical (unpaired) electrons. The molecule has 4 nitrogen and oxygen atoms in total. The Balaban J connectivity index is 2.03. The molecule has 1 aliphatic heterocycles. The maximum atomic E-state index is 9.31. The van der Waals surface area contributed by atoms with Crippen molar-refractivity contribution in [3.05, 3.63) is 24.0 Å². The Bertz CT molecular complexity index is 393. The van der Waals surface area contributed by atoms with E-state index in [1.165, 1.54) is 5.69 Å². The number of anilines is 1. The van der Waals surface area contributed by atoms with Crippen LogP contribution in [0.1, 0.15) is 44.8 Å². The van der Waals surface area contributed by atoms with Crippen LogP contribution in [0.4, 0.5) is 5.69 Å². The molecular weight excluding hydrogens is 250 g/mol. The maximum Gasteiger partial charge on any atom is 0.0574 e. The van der Waals surface area contributed by atoms with Crippen LogP contribution < -0.4 is 10.2 Å². The molecular formula is C16H27N3O. The van der Waals surface area contributed by atoms with Gasteiger partial charge in [-0.25, -0.2) is 0 Å². The molecule has 1 saturated heterocycles. The van der Waals surface area contributed by atoms with Gasteiger partial charge < -0.3 is 15.3 Å². The topological polar surface area (TPSA) is 48.4 Å². The van der Waals surface area contributed by atoms with E-state index in [2.05, 4.69) is 41.2 Å². The van der Waals surface area contributed by atoms with Crippen LogP contribution in [0.2, 0.25) is 0 Å². The first-order valence-electron chi connectivity index (χ1n) is 7.83. The molecule has 2 heterocycles. The largest absolute Gasteiger partial charge is 0.396 e. The minimum Gasteiger partial charge on any atom is -0.396 e. The van der Waals surface area contributed by atoms with Gasteiger partial charge in [-0.15, -0.1) is 0 Å². The van der Waals surface area contributed by atoms with Gasteiger partial charge in [0.25, 0.3) is 0 Å². The molecule has 4 heteroatoms. The van der Waals surface area contributed by atoms with Crippen molar-refractivity contribution in [1.82, 2.24) is 10.3 Å². The molecule has 0 bridgehead atoms. The van der Waals surface area contributed by atoms with E-state index in [1.54, 1.807) is 0 Å². The number of piperidine rings is 1. The highest BCUT2D eigenvalue weighted by molar-refractivity contribution is 5.45. The summed E-state index contributed by atoms with van der Waals surface area (Å²) in [5.41, 5.74) is 2.30. The number of aliphatic hydroxyl groups is 1. The first-order valence-corrected chi connectivity index (χ1v) is 7.83. The van der Waals surface area contributed by atoms with E-state index in [-0.39, 0.29) is 0 Å². The summed E-state index contributed by atoms with van der Waals surface area (Å²) in [5.74, 6) is 0.411. The Morgan fingerprint density at radius 3 is 2.90 bits per heavy atom. The van der Waals surface area contributed by atoms with Crippen LogP contribution >= 0.6 is 0 Å². The van der Waals surface area contributed by atoms with E-state index < -0.39 is 0 Å². The van der Waals surface area contributed by atoms with Crippen LogP contribution in [0.3, 0.4) is 0 Å². The van der Waals surface area contributed by atoms with Gasteiger partial charge in [0.2, 0.25) is 0 Å². The summed E-state index contributed by atoms with van der Waals surface area (Å²) in [6.07, 6.45) is 5.32. The lowest BCUT2D eigenvalue weighted by Crippen LogP contribution is -2.36. The van der Waals surface area contributed by atoms with Gasteiger partial charge in [0, 0.05) is 25.7 Å². The third-order valence-corrected chi connectivity index (χ3v) is 4.13. The molecule has 20 heavy (non-hydrogen) atoms. The third-order valence-electron chi connectivity index (χ3n) is 4.13. The molecule has 0 spiro atoms. The van der Waals surface area contributed by atoms with E-state index >= 15 is 0 Å². The number of nitrogens with zero attached hydrogens (tertiary/aromatic N) is 2. The summed E-state index contributed by atoms with van der Waals surface area (Å²) in [6.45, 7) is 7.58. The molecule has 2 unspecified atom stereocenters. The van der Waals surface area contributed by atoms with Crippen LogP contribution in [0, 0.1) is 5.92 Å². The van der Waals surface area contributed by atoms with Crippen molar-refractivity contribution >= 4 is 5.69 Å². The Morgan fingerprint density at radius 2 is 2.30 bits per heavy atom. The fourth-order valence-corrected chi connectivity index (χ4v) is 2.94. The first kappa shape index (κ1) is 15.3. The van der Waals surface area contributed by atoms with E-state index in [1.807, 2.05) is 6.20 Å². The van der Waals surface area contributed by atoms with Crippen LogP contribution in [-0.4, -0.2) is 36.3 Å². The zero-order chi connectivity index (χ0) is 14.4. The summed E-state index contributed by atoms with van der Waals surface area (Å²) in [4.78, 5) is 6.97. The quantitative estimate of drug-likeness (QED) is 0.838. The average molecular weight is 277 g/mol. The zero-order valence-electron chi connectivity index (χ0n) is 12.7. The average Bonchev–Trinajstić information content (AvgIpc) is 2.53. The van der Waals surface area contributed by atoms with Crippen molar-refractivity contribution in [2.45, 2.75) is 39.2 Å². The number of pyridine rings is 1. The minimum absolute atomic E-state index is 0.292. The van der Waals surface area contributed by atoms with Crippen molar-refractivity contribution in [1.29, 1.82) is 0 Å². The van der Waals surface area contributed by atoms with Gasteiger partial charge in [0.15, 0.2) is 0 Å². The van der Waals surface area contributed by atoms with Gasteiger partial charge in [-0.2, -0.15) is 0 Å². The molecule has 0 amide bonds. The summed E-state index contributed by atoms with van der Waals surface area (Å²) < 4.78 is 0. The van der Waals surface area contributed by atoms with E-state index in [4.69, 9.17) is 0 Å². The second kappa shape index (κ2) is 7.60. The Kier molecular flexibility index (Phi) is 5.80. The van der Waals surface area contributed by atoms with Crippen molar-refractivity contribution < 1.29 is 5.11 Å². The normalized spacial score (nSPS) is 20.9. The standard InChI is InChI=1S/C16H27N3O/c1-3-15(17-4-2)16-8-7-14(10-18-16)19-9-5-6-13(11-19)12-20/h7-8,10,13,15,17,20H,3-6,9,11-12H2,1-2H3. The second-order valence-corrected chi connectivity index (χ2v) is 5.60. The predicted octanol–water partition coefficient (Wildman–Crippen LogP) is 2.35. The molecule has 1 fully saturated rings. The third kappa shape index (κ3) is 3.70. The smallest absolute Gasteiger partial charge is 0.0574 e. The van der Waals surface area contributed by atoms with Gasteiger partial charge in [-0.1, -0.05) is 13.8 Å². The molecule has 112 valence electrons. The lowest BCUT2D eigenvalue weighted by Gasteiger charge is -2.33. The van der Waals surface area contributed by atoms with E-state index in [0.717, 1.165) is 44.6 Å². The van der Waals surface area contributed by atoms with E-state index in [9.17, 15) is 5.11 Å². The minimum atomic E-state index is 0.292. The molecule has 0 aromatic carbocycles. The molecule has 1 aliphatic rings. The molecule has 2 N–H and O–H groups in total. The molecule has 1 aromatic rings. The fraction of sp³-hybridized carbons (Fsp3) is 0.688. The monoisotopic (exact) mass is 277 g/mol. The summed E-state index contributed by atoms with van der Waals surface area (Å²) in [6, 6.07) is 4.65. The van der Waals surface area contributed by atoms with Crippen molar-refractivity contribution in [3.63, 3.8) is 0 Å².